The lowest BCUT2D eigenvalue weighted by Crippen LogP contribution is -2.20. The van der Waals surface area contributed by atoms with Crippen LogP contribution in [0.2, 0.25) is 10.0 Å². The molecule has 0 fully saturated rings. The normalized spacial score (nSPS) is 11.8. The molecule has 8 heteroatoms. The Morgan fingerprint density at radius 2 is 1.65 bits per heavy atom. The summed E-state index contributed by atoms with van der Waals surface area (Å²) >= 11 is 12.6. The van der Waals surface area contributed by atoms with Crippen LogP contribution >= 0.6 is 23.2 Å². The van der Waals surface area contributed by atoms with Gasteiger partial charge in [0.15, 0.2) is 5.76 Å². The van der Waals surface area contributed by atoms with Gasteiger partial charge in [-0.25, -0.2) is 4.98 Å². The summed E-state index contributed by atoms with van der Waals surface area (Å²) in [5.74, 6) is 0.713. The van der Waals surface area contributed by atoms with Gasteiger partial charge >= 0.3 is 0 Å². The van der Waals surface area contributed by atoms with E-state index in [0.29, 0.717) is 44.7 Å². The fourth-order valence-corrected chi connectivity index (χ4v) is 5.33. The van der Waals surface area contributed by atoms with Crippen LogP contribution in [0, 0.1) is 0 Å². The Labute approximate surface area is 238 Å². The third-order valence-corrected chi connectivity index (χ3v) is 7.49. The molecule has 0 saturated carbocycles. The molecule has 0 amide bonds. The number of furan rings is 1. The topological polar surface area (TPSA) is 65.3 Å². The highest BCUT2D eigenvalue weighted by Crippen LogP contribution is 2.29. The van der Waals surface area contributed by atoms with Crippen molar-refractivity contribution in [3.8, 4) is 11.6 Å². The first kappa shape index (κ1) is 24.4. The van der Waals surface area contributed by atoms with Crippen molar-refractivity contribution in [2.75, 3.05) is 0 Å². The summed E-state index contributed by atoms with van der Waals surface area (Å²) in [6.07, 6.45) is 3.70. The van der Waals surface area contributed by atoms with E-state index in [9.17, 15) is 4.79 Å². The summed E-state index contributed by atoms with van der Waals surface area (Å²) in [5.41, 5.74) is 3.79. The van der Waals surface area contributed by atoms with Crippen LogP contribution in [0.25, 0.3) is 44.4 Å². The summed E-state index contributed by atoms with van der Waals surface area (Å²) in [5, 5.41) is 8.24. The fourth-order valence-electron chi connectivity index (χ4n) is 4.95. The zero-order chi connectivity index (χ0) is 27.2. The molecule has 0 spiro atoms. The van der Waals surface area contributed by atoms with Crippen LogP contribution in [-0.2, 0) is 6.54 Å². The van der Waals surface area contributed by atoms with Gasteiger partial charge in [-0.1, -0.05) is 71.7 Å². The number of nitrogens with zero attached hydrogens (tertiary/aromatic N) is 4. The van der Waals surface area contributed by atoms with Crippen LogP contribution in [0.4, 0.5) is 0 Å². The number of fused-ring (bicyclic) bond motifs is 3. The van der Waals surface area contributed by atoms with Gasteiger partial charge in [-0.05, 0) is 54.1 Å². The van der Waals surface area contributed by atoms with Crippen molar-refractivity contribution in [3.63, 3.8) is 0 Å². The lowest BCUT2D eigenvalue weighted by atomic mass is 10.2. The summed E-state index contributed by atoms with van der Waals surface area (Å²) in [6, 6.07) is 30.2. The van der Waals surface area contributed by atoms with Gasteiger partial charge in [0.2, 0.25) is 5.82 Å². The standard InChI is InChI=1S/C32H20Cl2N4O2/c33-23-13-14-29-21(15-23)16-30(40-29)31-36-27-11-5-2-9-25(27)32(39)38(31)35-17-22-19-37(28-12-6-3-8-24(22)28)18-20-7-1-4-10-26(20)34/h1-17,19H,18H2. The first-order valence-corrected chi connectivity index (χ1v) is 13.4. The molecule has 4 aromatic carbocycles. The van der Waals surface area contributed by atoms with Gasteiger partial charge in [-0.3, -0.25) is 4.79 Å². The molecule has 0 unspecified atom stereocenters. The van der Waals surface area contributed by atoms with Crippen LogP contribution in [0.5, 0.6) is 0 Å². The molecule has 3 aromatic heterocycles. The molecule has 6 nitrogen and oxygen atoms in total. The zero-order valence-electron chi connectivity index (χ0n) is 21.0. The smallest absolute Gasteiger partial charge is 0.282 e. The van der Waals surface area contributed by atoms with Crippen molar-refractivity contribution in [3.05, 3.63) is 135 Å². The predicted molar refractivity (Wildman–Crippen MR) is 162 cm³/mol. The lowest BCUT2D eigenvalue weighted by Gasteiger charge is -2.07. The maximum Gasteiger partial charge on any atom is 0.282 e. The van der Waals surface area contributed by atoms with Crippen LogP contribution in [0.15, 0.2) is 118 Å². The van der Waals surface area contributed by atoms with E-state index in [1.54, 1.807) is 30.5 Å². The molecule has 7 rings (SSSR count). The van der Waals surface area contributed by atoms with E-state index in [2.05, 4.69) is 15.7 Å². The van der Waals surface area contributed by atoms with Crippen molar-refractivity contribution < 1.29 is 4.42 Å². The molecule has 0 atom stereocenters. The van der Waals surface area contributed by atoms with Gasteiger partial charge in [0, 0.05) is 44.6 Å². The molecule has 0 saturated heterocycles. The van der Waals surface area contributed by atoms with Gasteiger partial charge in [-0.15, -0.1) is 0 Å². The highest BCUT2D eigenvalue weighted by molar-refractivity contribution is 6.31. The minimum Gasteiger partial charge on any atom is -0.453 e. The Hall–Kier alpha value is -4.65. The third kappa shape index (κ3) is 4.28. The molecular weight excluding hydrogens is 543 g/mol. The maximum atomic E-state index is 13.7. The molecule has 0 N–H and O–H groups in total. The second-order valence-corrected chi connectivity index (χ2v) is 10.3. The summed E-state index contributed by atoms with van der Waals surface area (Å²) < 4.78 is 9.51. The Kier molecular flexibility index (Phi) is 5.99. The van der Waals surface area contributed by atoms with Crippen molar-refractivity contribution in [2.45, 2.75) is 6.54 Å². The second-order valence-electron chi connectivity index (χ2n) is 9.43. The average Bonchev–Trinajstić information content (AvgIpc) is 3.55. The number of hydrogen-bond acceptors (Lipinski definition) is 4. The van der Waals surface area contributed by atoms with E-state index >= 15 is 0 Å². The number of para-hydroxylation sites is 2. The highest BCUT2D eigenvalue weighted by atomic mass is 35.5. The number of halogens is 2. The predicted octanol–water partition coefficient (Wildman–Crippen LogP) is 8.00. The molecule has 0 aliphatic rings. The molecule has 7 aromatic rings. The Bertz CT molecular complexity index is 2160. The van der Waals surface area contributed by atoms with Gasteiger partial charge in [0.1, 0.15) is 5.58 Å². The fraction of sp³-hybridized carbons (Fsp3) is 0.0312. The van der Waals surface area contributed by atoms with Crippen LogP contribution in [0.3, 0.4) is 0 Å². The monoisotopic (exact) mass is 562 g/mol. The minimum absolute atomic E-state index is 0.296. The van der Waals surface area contributed by atoms with E-state index < -0.39 is 0 Å². The van der Waals surface area contributed by atoms with E-state index in [4.69, 9.17) is 32.6 Å². The van der Waals surface area contributed by atoms with Crippen molar-refractivity contribution >= 4 is 62.2 Å². The summed E-state index contributed by atoms with van der Waals surface area (Å²) in [6.45, 7) is 0.596. The molecule has 0 aliphatic carbocycles. The molecule has 40 heavy (non-hydrogen) atoms. The second kappa shape index (κ2) is 9.83. The number of benzene rings is 4. The van der Waals surface area contributed by atoms with Gasteiger partial charge in [-0.2, -0.15) is 9.78 Å². The molecule has 194 valence electrons. The molecular formula is C32H20Cl2N4O2. The van der Waals surface area contributed by atoms with Crippen LogP contribution in [0.1, 0.15) is 11.1 Å². The van der Waals surface area contributed by atoms with E-state index in [-0.39, 0.29) is 5.56 Å². The van der Waals surface area contributed by atoms with E-state index in [0.717, 1.165) is 27.4 Å². The molecule has 0 aliphatic heterocycles. The summed E-state index contributed by atoms with van der Waals surface area (Å²) in [7, 11) is 0. The van der Waals surface area contributed by atoms with Crippen LogP contribution in [-0.4, -0.2) is 20.4 Å². The molecule has 0 bridgehead atoms. The van der Waals surface area contributed by atoms with E-state index in [1.807, 2.05) is 72.9 Å². The SMILES string of the molecule is O=c1c2ccccc2nc(-c2cc3cc(Cl)ccc3o2)n1N=Cc1cn(Cc2ccccc2Cl)c2ccccc12. The first-order chi connectivity index (χ1) is 19.5. The first-order valence-electron chi connectivity index (χ1n) is 12.6. The lowest BCUT2D eigenvalue weighted by molar-refractivity contribution is 0.616. The van der Waals surface area contributed by atoms with Crippen molar-refractivity contribution in [1.82, 2.24) is 14.2 Å². The van der Waals surface area contributed by atoms with Crippen molar-refractivity contribution in [1.29, 1.82) is 0 Å². The van der Waals surface area contributed by atoms with Crippen molar-refractivity contribution in [2.24, 2.45) is 5.10 Å². The maximum absolute atomic E-state index is 13.7. The molecule has 3 heterocycles. The quantitative estimate of drug-likeness (QED) is 0.199. The number of aromatic nitrogens is 3. The summed E-state index contributed by atoms with van der Waals surface area (Å²) in [4.78, 5) is 18.5. The van der Waals surface area contributed by atoms with Crippen LogP contribution < -0.4 is 5.56 Å². The van der Waals surface area contributed by atoms with Gasteiger partial charge in [0.05, 0.1) is 17.1 Å². The Balaban J connectivity index is 1.38. The van der Waals surface area contributed by atoms with Gasteiger partial charge in [0.25, 0.3) is 5.56 Å². The zero-order valence-corrected chi connectivity index (χ0v) is 22.5. The Morgan fingerprint density at radius 3 is 2.52 bits per heavy atom. The third-order valence-electron chi connectivity index (χ3n) is 6.88. The molecule has 0 radical (unpaired) electrons. The van der Waals surface area contributed by atoms with Gasteiger partial charge < -0.3 is 8.98 Å². The Morgan fingerprint density at radius 1 is 0.875 bits per heavy atom. The minimum atomic E-state index is -0.296. The largest absolute Gasteiger partial charge is 0.453 e. The number of hydrogen-bond donors (Lipinski definition) is 0. The van der Waals surface area contributed by atoms with E-state index in [1.165, 1.54) is 4.68 Å². The average molecular weight is 563 g/mol. The number of rotatable bonds is 5. The highest BCUT2D eigenvalue weighted by Gasteiger charge is 2.17.